The van der Waals surface area contributed by atoms with Crippen LogP contribution >= 0.6 is 0 Å². The highest BCUT2D eigenvalue weighted by Gasteiger charge is 2.13. The van der Waals surface area contributed by atoms with Gasteiger partial charge in [-0.05, 0) is 24.7 Å². The summed E-state index contributed by atoms with van der Waals surface area (Å²) in [5.41, 5.74) is 1.27. The Morgan fingerprint density at radius 1 is 1.32 bits per heavy atom. The van der Waals surface area contributed by atoms with Crippen molar-refractivity contribution in [3.8, 4) is 5.75 Å². The Labute approximate surface area is 110 Å². The quantitative estimate of drug-likeness (QED) is 0.900. The summed E-state index contributed by atoms with van der Waals surface area (Å²) in [6.45, 7) is 0.464. The highest BCUT2D eigenvalue weighted by atomic mass is 19.1. The number of ether oxygens (including phenoxy) is 1. The summed E-state index contributed by atoms with van der Waals surface area (Å²) < 4.78 is 34.4. The molecular weight excluding hydrogens is 252 g/mol. The molecule has 0 radical (unpaired) electrons. The van der Waals surface area contributed by atoms with Crippen LogP contribution in [0.4, 0.5) is 8.78 Å². The van der Waals surface area contributed by atoms with Crippen molar-refractivity contribution >= 4 is 0 Å². The van der Waals surface area contributed by atoms with E-state index < -0.39 is 11.6 Å². The Hall–Kier alpha value is -1.95. The van der Waals surface area contributed by atoms with E-state index >= 15 is 0 Å². The Kier molecular flexibility index (Phi) is 4.11. The zero-order valence-electron chi connectivity index (χ0n) is 10.8. The molecule has 0 aliphatic heterocycles. The van der Waals surface area contributed by atoms with Gasteiger partial charge in [-0.2, -0.15) is 0 Å². The van der Waals surface area contributed by atoms with Crippen LogP contribution in [0.5, 0.6) is 5.75 Å². The van der Waals surface area contributed by atoms with Crippen LogP contribution in [-0.4, -0.2) is 16.6 Å². The largest absolute Gasteiger partial charge is 0.481 e. The Balaban J connectivity index is 2.14. The lowest BCUT2D eigenvalue weighted by atomic mass is 10.2. The maximum absolute atomic E-state index is 13.7. The van der Waals surface area contributed by atoms with E-state index in [-0.39, 0.29) is 12.4 Å². The number of hydrogen-bond acceptors (Lipinski definition) is 3. The van der Waals surface area contributed by atoms with Crippen molar-refractivity contribution in [3.05, 3.63) is 47.5 Å². The maximum Gasteiger partial charge on any atom is 0.191 e. The maximum atomic E-state index is 13.7. The van der Waals surface area contributed by atoms with Crippen LogP contribution in [0.3, 0.4) is 0 Å². The van der Waals surface area contributed by atoms with Gasteiger partial charge in [0.1, 0.15) is 6.61 Å². The topological polar surface area (TPSA) is 39.1 Å². The molecule has 0 saturated heterocycles. The number of aromatic nitrogens is 2. The zero-order valence-corrected chi connectivity index (χ0v) is 10.8. The van der Waals surface area contributed by atoms with Gasteiger partial charge in [0.15, 0.2) is 17.4 Å². The lowest BCUT2D eigenvalue weighted by molar-refractivity contribution is 0.266. The van der Waals surface area contributed by atoms with Gasteiger partial charge in [0.25, 0.3) is 0 Å². The normalized spacial score (nSPS) is 10.7. The second-order valence-electron chi connectivity index (χ2n) is 4.20. The predicted molar refractivity (Wildman–Crippen MR) is 66.7 cm³/mol. The third-order valence-corrected chi connectivity index (χ3v) is 2.72. The molecule has 0 saturated carbocycles. The molecule has 0 aliphatic rings. The molecule has 102 valence electrons. The minimum absolute atomic E-state index is 0.0652. The SMILES string of the molecule is CNCc1cc(F)c(OCc2cncn2C)c(F)c1. The van der Waals surface area contributed by atoms with Crippen LogP contribution in [0.25, 0.3) is 0 Å². The first kappa shape index (κ1) is 13.5. The summed E-state index contributed by atoms with van der Waals surface area (Å²) in [6.07, 6.45) is 3.19. The molecule has 1 heterocycles. The van der Waals surface area contributed by atoms with Gasteiger partial charge >= 0.3 is 0 Å². The van der Waals surface area contributed by atoms with E-state index in [4.69, 9.17) is 4.74 Å². The molecule has 1 aromatic heterocycles. The molecule has 19 heavy (non-hydrogen) atoms. The van der Waals surface area contributed by atoms with Crippen LogP contribution < -0.4 is 10.1 Å². The van der Waals surface area contributed by atoms with Crippen molar-refractivity contribution in [2.24, 2.45) is 7.05 Å². The molecule has 0 atom stereocenters. The first-order valence-corrected chi connectivity index (χ1v) is 5.82. The fraction of sp³-hybridized carbons (Fsp3) is 0.308. The molecule has 0 unspecified atom stereocenters. The van der Waals surface area contributed by atoms with Gasteiger partial charge in [-0.15, -0.1) is 0 Å². The smallest absolute Gasteiger partial charge is 0.191 e. The van der Waals surface area contributed by atoms with Gasteiger partial charge < -0.3 is 14.6 Å². The molecule has 0 fully saturated rings. The van der Waals surface area contributed by atoms with Crippen LogP contribution in [0, 0.1) is 11.6 Å². The van der Waals surface area contributed by atoms with E-state index in [1.807, 2.05) is 0 Å². The second-order valence-corrected chi connectivity index (χ2v) is 4.20. The van der Waals surface area contributed by atoms with Crippen molar-refractivity contribution in [1.29, 1.82) is 0 Å². The highest BCUT2D eigenvalue weighted by Crippen LogP contribution is 2.24. The Morgan fingerprint density at radius 2 is 2.00 bits per heavy atom. The second kappa shape index (κ2) is 5.79. The van der Waals surface area contributed by atoms with Crippen LogP contribution in [0.1, 0.15) is 11.3 Å². The monoisotopic (exact) mass is 267 g/mol. The highest BCUT2D eigenvalue weighted by molar-refractivity contribution is 5.31. The molecule has 0 bridgehead atoms. The number of rotatable bonds is 5. The third-order valence-electron chi connectivity index (χ3n) is 2.72. The number of nitrogens with zero attached hydrogens (tertiary/aromatic N) is 2. The average Bonchev–Trinajstić information content (AvgIpc) is 2.74. The molecule has 4 nitrogen and oxygen atoms in total. The van der Waals surface area contributed by atoms with Gasteiger partial charge in [-0.25, -0.2) is 13.8 Å². The standard InChI is InChI=1S/C13H15F2N3O/c1-16-5-9-3-11(14)13(12(15)4-9)19-7-10-6-17-8-18(10)2/h3-4,6,8,16H,5,7H2,1-2H3. The minimum atomic E-state index is -0.701. The lowest BCUT2D eigenvalue weighted by Crippen LogP contribution is -2.08. The van der Waals surface area contributed by atoms with E-state index in [1.54, 1.807) is 31.2 Å². The molecule has 0 spiro atoms. The summed E-state index contributed by atoms with van der Waals surface area (Å²) in [5.74, 6) is -1.76. The number of halogens is 2. The number of imidazole rings is 1. The molecule has 2 rings (SSSR count). The fourth-order valence-electron chi connectivity index (χ4n) is 1.73. The van der Waals surface area contributed by atoms with Crippen LogP contribution in [0.2, 0.25) is 0 Å². The van der Waals surface area contributed by atoms with Crippen molar-refractivity contribution < 1.29 is 13.5 Å². The lowest BCUT2D eigenvalue weighted by Gasteiger charge is -2.10. The molecule has 2 aromatic rings. The molecule has 0 amide bonds. The molecular formula is C13H15F2N3O. The van der Waals surface area contributed by atoms with E-state index in [0.717, 1.165) is 5.69 Å². The number of aryl methyl sites for hydroxylation is 1. The van der Waals surface area contributed by atoms with Crippen molar-refractivity contribution in [2.45, 2.75) is 13.2 Å². The van der Waals surface area contributed by atoms with Crippen molar-refractivity contribution in [2.75, 3.05) is 7.05 Å². The Morgan fingerprint density at radius 3 is 2.53 bits per heavy atom. The number of nitrogens with one attached hydrogen (secondary N) is 1. The fourth-order valence-corrected chi connectivity index (χ4v) is 1.73. The van der Waals surface area contributed by atoms with Crippen molar-refractivity contribution in [3.63, 3.8) is 0 Å². The van der Waals surface area contributed by atoms with Gasteiger partial charge in [-0.3, -0.25) is 0 Å². The summed E-state index contributed by atoms with van der Waals surface area (Å²) in [7, 11) is 3.50. The average molecular weight is 267 g/mol. The molecule has 1 aromatic carbocycles. The summed E-state index contributed by atoms with van der Waals surface area (Å²) in [6, 6.07) is 2.52. The molecule has 6 heteroatoms. The number of hydrogen-bond donors (Lipinski definition) is 1. The Bertz CT molecular complexity index is 546. The van der Waals surface area contributed by atoms with E-state index in [2.05, 4.69) is 10.3 Å². The van der Waals surface area contributed by atoms with Gasteiger partial charge in [0.05, 0.1) is 18.2 Å². The summed E-state index contributed by atoms with van der Waals surface area (Å²) in [4.78, 5) is 3.90. The first-order chi connectivity index (χ1) is 9.11. The van der Waals surface area contributed by atoms with Gasteiger partial charge in [0.2, 0.25) is 0 Å². The summed E-state index contributed by atoms with van der Waals surface area (Å²) >= 11 is 0. The van der Waals surface area contributed by atoms with E-state index in [0.29, 0.717) is 12.1 Å². The first-order valence-electron chi connectivity index (χ1n) is 5.82. The van der Waals surface area contributed by atoms with Gasteiger partial charge in [-0.1, -0.05) is 0 Å². The van der Waals surface area contributed by atoms with E-state index in [9.17, 15) is 8.78 Å². The molecule has 0 aliphatic carbocycles. The van der Waals surface area contributed by atoms with Crippen LogP contribution in [-0.2, 0) is 20.2 Å². The zero-order chi connectivity index (χ0) is 13.8. The number of benzene rings is 1. The van der Waals surface area contributed by atoms with Crippen molar-refractivity contribution in [1.82, 2.24) is 14.9 Å². The van der Waals surface area contributed by atoms with Gasteiger partial charge in [0, 0.05) is 13.6 Å². The third kappa shape index (κ3) is 3.08. The minimum Gasteiger partial charge on any atom is -0.481 e. The molecule has 1 N–H and O–H groups in total. The van der Waals surface area contributed by atoms with E-state index in [1.165, 1.54) is 12.1 Å². The predicted octanol–water partition coefficient (Wildman–Crippen LogP) is 2.00. The summed E-state index contributed by atoms with van der Waals surface area (Å²) in [5, 5.41) is 2.83. The van der Waals surface area contributed by atoms with Crippen LogP contribution in [0.15, 0.2) is 24.7 Å².